The molecule has 0 atom stereocenters. The van der Waals surface area contributed by atoms with Gasteiger partial charge in [-0.2, -0.15) is 5.10 Å². The van der Waals surface area contributed by atoms with Crippen LogP contribution in [0.4, 0.5) is 5.82 Å². The zero-order valence-electron chi connectivity index (χ0n) is 19.7. The molecule has 1 N–H and O–H groups in total. The Balaban J connectivity index is 1.52. The first-order valence-corrected chi connectivity index (χ1v) is 12.4. The lowest BCUT2D eigenvalue weighted by atomic mass is 10.1. The Hall–Kier alpha value is -4.02. The van der Waals surface area contributed by atoms with Gasteiger partial charge in [0.2, 0.25) is 0 Å². The summed E-state index contributed by atoms with van der Waals surface area (Å²) in [6, 6.07) is 15.6. The maximum absolute atomic E-state index is 13.5. The molecule has 0 saturated carbocycles. The van der Waals surface area contributed by atoms with E-state index in [1.165, 1.54) is 15.8 Å². The molecular weight excluding hydrogens is 560 g/mol. The van der Waals surface area contributed by atoms with E-state index in [4.69, 9.17) is 11.6 Å². The van der Waals surface area contributed by atoms with Crippen molar-refractivity contribution in [1.82, 2.24) is 24.4 Å². The van der Waals surface area contributed by atoms with Gasteiger partial charge in [-0.25, -0.2) is 19.0 Å². The predicted molar refractivity (Wildman–Crippen MR) is 144 cm³/mol. The smallest absolute Gasteiger partial charge is 0.341 e. The lowest BCUT2D eigenvalue weighted by molar-refractivity contribution is 0.0697. The number of halogens is 2. The van der Waals surface area contributed by atoms with Gasteiger partial charge in [0.25, 0.3) is 5.91 Å². The fourth-order valence-electron chi connectivity index (χ4n) is 3.95. The molecular formula is C26H20BrClN6O3. The summed E-state index contributed by atoms with van der Waals surface area (Å²) in [5, 5.41) is 19.2. The number of anilines is 1. The summed E-state index contributed by atoms with van der Waals surface area (Å²) in [6.45, 7) is 3.57. The Morgan fingerprint density at radius 2 is 1.81 bits per heavy atom. The van der Waals surface area contributed by atoms with E-state index < -0.39 is 11.9 Å². The molecule has 0 saturated heterocycles. The lowest BCUT2D eigenvalue weighted by Gasteiger charge is -2.25. The minimum Gasteiger partial charge on any atom is -0.477 e. The van der Waals surface area contributed by atoms with Gasteiger partial charge >= 0.3 is 5.97 Å². The van der Waals surface area contributed by atoms with Crippen molar-refractivity contribution in [2.24, 2.45) is 0 Å². The van der Waals surface area contributed by atoms with Crippen LogP contribution < -0.4 is 4.90 Å². The van der Waals surface area contributed by atoms with Crippen LogP contribution in [0.1, 0.15) is 34.6 Å². The van der Waals surface area contributed by atoms with E-state index in [0.29, 0.717) is 5.69 Å². The predicted octanol–water partition coefficient (Wildman–Crippen LogP) is 5.75. The molecule has 2 aromatic carbocycles. The van der Waals surface area contributed by atoms with Crippen molar-refractivity contribution in [3.8, 4) is 16.9 Å². The zero-order valence-corrected chi connectivity index (χ0v) is 22.1. The first-order chi connectivity index (χ1) is 17.7. The number of benzene rings is 2. The molecule has 3 aromatic heterocycles. The van der Waals surface area contributed by atoms with Gasteiger partial charge in [-0.1, -0.05) is 39.7 Å². The van der Waals surface area contributed by atoms with Crippen molar-refractivity contribution in [2.45, 2.75) is 19.9 Å². The molecule has 37 heavy (non-hydrogen) atoms. The second-order valence-electron chi connectivity index (χ2n) is 8.51. The number of hydrogen-bond acceptors (Lipinski definition) is 5. The SMILES string of the molecule is CC(C)N(C(=O)c1ccc(Br)cc1Cl)c1nn(-c2ccc(-c3cc4ncccn4n3)cc2)cc1C(=O)O. The summed E-state index contributed by atoms with van der Waals surface area (Å²) in [5.41, 5.74) is 3.11. The first kappa shape index (κ1) is 24.7. The van der Waals surface area contributed by atoms with E-state index in [-0.39, 0.29) is 28.0 Å². The van der Waals surface area contributed by atoms with Crippen LogP contribution in [0.5, 0.6) is 0 Å². The van der Waals surface area contributed by atoms with Crippen LogP contribution in [-0.4, -0.2) is 47.4 Å². The number of nitrogens with zero attached hydrogens (tertiary/aromatic N) is 6. The highest BCUT2D eigenvalue weighted by Gasteiger charge is 2.30. The molecule has 0 spiro atoms. The summed E-state index contributed by atoms with van der Waals surface area (Å²) < 4.78 is 3.86. The molecule has 1 amide bonds. The third-order valence-electron chi connectivity index (χ3n) is 5.71. The van der Waals surface area contributed by atoms with Gasteiger partial charge in [0.05, 0.1) is 22.0 Å². The average Bonchev–Trinajstić information content (AvgIpc) is 3.49. The first-order valence-electron chi connectivity index (χ1n) is 11.3. The summed E-state index contributed by atoms with van der Waals surface area (Å²) in [4.78, 5) is 31.3. The minimum atomic E-state index is -1.20. The number of fused-ring (bicyclic) bond motifs is 1. The summed E-state index contributed by atoms with van der Waals surface area (Å²) in [5.74, 6) is -1.62. The second kappa shape index (κ2) is 9.79. The molecule has 0 aliphatic rings. The maximum atomic E-state index is 13.5. The summed E-state index contributed by atoms with van der Waals surface area (Å²) >= 11 is 9.66. The van der Waals surface area contributed by atoms with E-state index in [2.05, 4.69) is 31.1 Å². The number of carboxylic acids is 1. The third-order valence-corrected chi connectivity index (χ3v) is 6.52. The number of carboxylic acid groups (broad SMARTS) is 1. The molecule has 9 nitrogen and oxygen atoms in total. The van der Waals surface area contributed by atoms with Crippen LogP contribution in [-0.2, 0) is 0 Å². The van der Waals surface area contributed by atoms with Crippen LogP contribution in [0.15, 0.2) is 77.7 Å². The molecule has 5 rings (SSSR count). The number of carbonyl (C=O) groups is 2. The number of hydrogen-bond donors (Lipinski definition) is 1. The molecule has 0 aliphatic carbocycles. The number of carbonyl (C=O) groups excluding carboxylic acids is 1. The quantitative estimate of drug-likeness (QED) is 0.275. The monoisotopic (exact) mass is 578 g/mol. The summed E-state index contributed by atoms with van der Waals surface area (Å²) in [7, 11) is 0. The summed E-state index contributed by atoms with van der Waals surface area (Å²) in [6.07, 6.45) is 4.92. The number of rotatable bonds is 6. The molecule has 0 fully saturated rings. The van der Waals surface area contributed by atoms with Crippen LogP contribution >= 0.6 is 27.5 Å². The molecule has 0 bridgehead atoms. The van der Waals surface area contributed by atoms with Crippen LogP contribution in [0.25, 0.3) is 22.6 Å². The van der Waals surface area contributed by atoms with E-state index >= 15 is 0 Å². The van der Waals surface area contributed by atoms with Crippen molar-refractivity contribution >= 4 is 50.9 Å². The second-order valence-corrected chi connectivity index (χ2v) is 9.83. The van der Waals surface area contributed by atoms with Crippen molar-refractivity contribution in [2.75, 3.05) is 4.90 Å². The normalized spacial score (nSPS) is 11.3. The Kier molecular flexibility index (Phi) is 6.53. The Bertz CT molecular complexity index is 1610. The highest BCUT2D eigenvalue weighted by Crippen LogP contribution is 2.29. The molecule has 0 radical (unpaired) electrons. The Morgan fingerprint density at radius 1 is 1.05 bits per heavy atom. The minimum absolute atomic E-state index is 0.0296. The van der Waals surface area contributed by atoms with Crippen LogP contribution in [0.2, 0.25) is 5.02 Å². The van der Waals surface area contributed by atoms with Gasteiger partial charge in [0.15, 0.2) is 11.5 Å². The van der Waals surface area contributed by atoms with Crippen LogP contribution in [0.3, 0.4) is 0 Å². The highest BCUT2D eigenvalue weighted by atomic mass is 79.9. The van der Waals surface area contributed by atoms with Gasteiger partial charge in [0, 0.05) is 40.7 Å². The largest absolute Gasteiger partial charge is 0.477 e. The third kappa shape index (κ3) is 4.73. The van der Waals surface area contributed by atoms with Gasteiger partial charge in [0.1, 0.15) is 5.56 Å². The lowest BCUT2D eigenvalue weighted by Crippen LogP contribution is -2.38. The molecule has 0 aliphatic heterocycles. The van der Waals surface area contributed by atoms with E-state index in [1.807, 2.05) is 36.5 Å². The molecule has 186 valence electrons. The Labute approximate surface area is 225 Å². The zero-order chi connectivity index (χ0) is 26.3. The van der Waals surface area contributed by atoms with Gasteiger partial charge in [-0.05, 0) is 50.2 Å². The number of aromatic carboxylic acids is 1. The van der Waals surface area contributed by atoms with Gasteiger partial charge < -0.3 is 5.11 Å². The molecule has 0 unspecified atom stereocenters. The van der Waals surface area contributed by atoms with Crippen molar-refractivity contribution in [3.63, 3.8) is 0 Å². The van der Waals surface area contributed by atoms with Crippen LogP contribution in [0, 0.1) is 0 Å². The molecule has 5 aromatic rings. The topological polar surface area (TPSA) is 106 Å². The van der Waals surface area contributed by atoms with Gasteiger partial charge in [-0.15, -0.1) is 5.10 Å². The number of amides is 1. The molecule has 11 heteroatoms. The standard InChI is InChI=1S/C26H20BrClN6O3/c1-15(2)34(25(35)19-9-6-17(27)12-21(19)28)24-20(26(36)37)14-33(31-24)18-7-4-16(5-8-18)22-13-23-29-10-3-11-32(23)30-22/h3-15H,1-2H3,(H,36,37). The fraction of sp³-hybridized carbons (Fsp3) is 0.115. The maximum Gasteiger partial charge on any atom is 0.341 e. The fourth-order valence-corrected chi connectivity index (χ4v) is 4.70. The van der Waals surface area contributed by atoms with Crippen molar-refractivity contribution in [3.05, 3.63) is 93.8 Å². The van der Waals surface area contributed by atoms with E-state index in [1.54, 1.807) is 48.8 Å². The Morgan fingerprint density at radius 3 is 2.46 bits per heavy atom. The van der Waals surface area contributed by atoms with E-state index in [9.17, 15) is 14.7 Å². The molecule has 3 heterocycles. The van der Waals surface area contributed by atoms with E-state index in [0.717, 1.165) is 21.4 Å². The van der Waals surface area contributed by atoms with Crippen molar-refractivity contribution in [1.29, 1.82) is 0 Å². The average molecular weight is 580 g/mol. The van der Waals surface area contributed by atoms with Crippen molar-refractivity contribution < 1.29 is 14.7 Å². The van der Waals surface area contributed by atoms with Gasteiger partial charge in [-0.3, -0.25) is 9.69 Å². The highest BCUT2D eigenvalue weighted by molar-refractivity contribution is 9.10. The number of aromatic nitrogens is 5.